The number of aromatic amines is 1. The highest BCUT2D eigenvalue weighted by Gasteiger charge is 2.36. The molecule has 0 saturated heterocycles. The van der Waals surface area contributed by atoms with Crippen molar-refractivity contribution in [1.82, 2.24) is 50.1 Å². The van der Waals surface area contributed by atoms with Gasteiger partial charge in [0, 0.05) is 30.8 Å². The van der Waals surface area contributed by atoms with Crippen LogP contribution in [0.1, 0.15) is 70.2 Å². The number of hydrogen-bond donors (Lipinski definition) is 8. The lowest BCUT2D eigenvalue weighted by atomic mass is 10.0. The second-order valence-corrected chi connectivity index (χ2v) is 14.8. The third-order valence-electron chi connectivity index (χ3n) is 10.8. The molecule has 0 bridgehead atoms. The molecule has 60 heavy (non-hydrogen) atoms. The molecule has 4 aromatic heterocycles. The lowest BCUT2D eigenvalue weighted by Crippen LogP contribution is -2.34. The number of fused-ring (bicyclic) bond motifs is 2. The number of aliphatic hydroxyl groups is 4. The number of carbonyl (C=O) groups is 2. The number of H-pyrrole nitrogens is 1. The Balaban J connectivity index is 1.17. The summed E-state index contributed by atoms with van der Waals surface area (Å²) >= 11 is 0. The molecule has 2 aliphatic carbocycles. The molecule has 6 atom stereocenters. The van der Waals surface area contributed by atoms with Crippen LogP contribution in [0, 0.1) is 23.3 Å². The highest BCUT2D eigenvalue weighted by molar-refractivity contribution is 6.09. The van der Waals surface area contributed by atoms with E-state index in [1.165, 1.54) is 13.4 Å². The first-order valence-electron chi connectivity index (χ1n) is 18.9. The van der Waals surface area contributed by atoms with Gasteiger partial charge in [0.2, 0.25) is 0 Å². The predicted molar refractivity (Wildman–Crippen MR) is 204 cm³/mol. The number of aromatic nitrogens is 8. The van der Waals surface area contributed by atoms with Crippen molar-refractivity contribution in [2.45, 2.75) is 75.1 Å². The van der Waals surface area contributed by atoms with Gasteiger partial charge in [-0.3, -0.25) is 14.7 Å². The first kappa shape index (κ1) is 40.4. The van der Waals surface area contributed by atoms with Crippen LogP contribution >= 0.6 is 0 Å². The Morgan fingerprint density at radius 1 is 0.883 bits per heavy atom. The van der Waals surface area contributed by atoms with E-state index in [4.69, 9.17) is 0 Å². The van der Waals surface area contributed by atoms with E-state index < -0.39 is 95.6 Å². The lowest BCUT2D eigenvalue weighted by Gasteiger charge is -2.20. The van der Waals surface area contributed by atoms with Crippen molar-refractivity contribution in [3.8, 4) is 5.69 Å². The van der Waals surface area contributed by atoms with E-state index in [2.05, 4.69) is 51.2 Å². The van der Waals surface area contributed by atoms with Gasteiger partial charge in [0.15, 0.2) is 28.5 Å². The standard InChI is InChI=1S/C38H38F4N12O6/c1-53(12-16-9-17(39)5-6-20(16)41)38(60)31-28-34(48-22-7-8-26(57)32(22)58)44-15-46-36(28)54(52-31)24-11-18(40)10-19(29(24)42)23(13-55)49-37(59)30-27-33(43-14-45-35(27)51-50-30)47-21-3-2-4-25(21)56/h5-6,9-11,14-15,21-23,25-26,32,55-58H,2-4,7-8,12-13H2,1H3,(H,49,59)(H,44,46,48)(H2,43,45,47,50,51)/t21-,22-,23-,25-,26-,32+/m1/s1. The summed E-state index contributed by atoms with van der Waals surface area (Å²) in [6, 6.07) is 1.54. The van der Waals surface area contributed by atoms with Gasteiger partial charge in [0.25, 0.3) is 11.8 Å². The van der Waals surface area contributed by atoms with Crippen molar-refractivity contribution in [1.29, 1.82) is 0 Å². The fourth-order valence-corrected chi connectivity index (χ4v) is 7.71. The Kier molecular flexibility index (Phi) is 11.0. The van der Waals surface area contributed by atoms with Crippen molar-refractivity contribution >= 4 is 45.5 Å². The molecular weight excluding hydrogens is 796 g/mol. The smallest absolute Gasteiger partial charge is 0.275 e. The molecule has 2 fully saturated rings. The summed E-state index contributed by atoms with van der Waals surface area (Å²) in [5, 5.41) is 61.3. The Morgan fingerprint density at radius 2 is 1.63 bits per heavy atom. The van der Waals surface area contributed by atoms with Gasteiger partial charge in [-0.15, -0.1) is 0 Å². The van der Waals surface area contributed by atoms with E-state index in [-0.39, 0.29) is 57.4 Å². The van der Waals surface area contributed by atoms with Crippen LogP contribution in [-0.2, 0) is 6.54 Å². The molecule has 0 spiro atoms. The molecule has 18 nitrogen and oxygen atoms in total. The third kappa shape index (κ3) is 7.53. The number of hydrogen-bond acceptors (Lipinski definition) is 14. The zero-order valence-electron chi connectivity index (χ0n) is 31.7. The van der Waals surface area contributed by atoms with Gasteiger partial charge >= 0.3 is 0 Å². The van der Waals surface area contributed by atoms with Crippen molar-refractivity contribution < 1.29 is 47.6 Å². The van der Waals surface area contributed by atoms with Crippen molar-refractivity contribution in [3.63, 3.8) is 0 Å². The molecule has 2 saturated carbocycles. The molecule has 4 heterocycles. The summed E-state index contributed by atoms with van der Waals surface area (Å²) in [5.74, 6) is -5.46. The van der Waals surface area contributed by atoms with E-state index in [1.54, 1.807) is 0 Å². The largest absolute Gasteiger partial charge is 0.394 e. The summed E-state index contributed by atoms with van der Waals surface area (Å²) in [6.07, 6.45) is 1.87. The molecule has 6 aromatic rings. The Hall–Kier alpha value is -6.36. The van der Waals surface area contributed by atoms with Gasteiger partial charge < -0.3 is 41.3 Å². The minimum atomic E-state index is -1.59. The number of amides is 2. The molecular formula is C38H38F4N12O6. The number of nitrogens with one attached hydrogen (secondary N) is 4. The molecule has 8 N–H and O–H groups in total. The summed E-state index contributed by atoms with van der Waals surface area (Å²) in [6.45, 7) is -1.37. The highest BCUT2D eigenvalue weighted by atomic mass is 19.1. The van der Waals surface area contributed by atoms with Gasteiger partial charge in [-0.2, -0.15) is 10.2 Å². The topological polar surface area (TPSA) is 252 Å². The Bertz CT molecular complexity index is 2610. The molecule has 22 heteroatoms. The number of anilines is 2. The van der Waals surface area contributed by atoms with Crippen LogP contribution in [0.25, 0.3) is 27.8 Å². The Labute approximate surface area is 336 Å². The predicted octanol–water partition coefficient (Wildman–Crippen LogP) is 2.40. The van der Waals surface area contributed by atoms with Gasteiger partial charge in [-0.1, -0.05) is 0 Å². The fourth-order valence-electron chi connectivity index (χ4n) is 7.71. The van der Waals surface area contributed by atoms with Gasteiger partial charge in [0.1, 0.15) is 47.4 Å². The third-order valence-corrected chi connectivity index (χ3v) is 10.8. The van der Waals surface area contributed by atoms with Crippen LogP contribution < -0.4 is 16.0 Å². The maximum absolute atomic E-state index is 16.9. The molecule has 8 rings (SSSR count). The molecule has 0 aliphatic heterocycles. The fraction of sp³-hybridized carbons (Fsp3) is 0.368. The van der Waals surface area contributed by atoms with Gasteiger partial charge in [0.05, 0.1) is 53.8 Å². The maximum Gasteiger partial charge on any atom is 0.275 e. The normalized spacial score (nSPS) is 20.8. The van der Waals surface area contributed by atoms with E-state index in [0.717, 1.165) is 52.7 Å². The van der Waals surface area contributed by atoms with Crippen LogP contribution in [0.5, 0.6) is 0 Å². The van der Waals surface area contributed by atoms with Crippen molar-refractivity contribution in [2.75, 3.05) is 24.3 Å². The summed E-state index contributed by atoms with van der Waals surface area (Å²) < 4.78 is 62.0. The van der Waals surface area contributed by atoms with E-state index in [9.17, 15) is 38.8 Å². The summed E-state index contributed by atoms with van der Waals surface area (Å²) in [4.78, 5) is 45.7. The first-order chi connectivity index (χ1) is 28.8. The first-order valence-corrected chi connectivity index (χ1v) is 18.9. The summed E-state index contributed by atoms with van der Waals surface area (Å²) in [7, 11) is 1.28. The molecule has 2 aromatic carbocycles. The van der Waals surface area contributed by atoms with Crippen LogP contribution in [0.4, 0.5) is 29.2 Å². The number of nitrogens with zero attached hydrogens (tertiary/aromatic N) is 8. The molecule has 2 aliphatic rings. The SMILES string of the molecule is CN(Cc1cc(F)ccc1F)C(=O)c1nn(-c2cc(F)cc([C@@H](CO)NC(=O)c3n[nH]c4ncnc(N[C@@H]5CCC[C@H]5O)c34)c2F)c2ncnc(N[C@@H]3CC[C@@H](O)[C@H]3O)c12. The maximum atomic E-state index is 16.9. The average molecular weight is 835 g/mol. The van der Waals surface area contributed by atoms with Crippen LogP contribution in [0.2, 0.25) is 0 Å². The quantitative estimate of drug-likeness (QED) is 0.0825. The van der Waals surface area contributed by atoms with Crippen LogP contribution in [0.3, 0.4) is 0 Å². The van der Waals surface area contributed by atoms with E-state index >= 15 is 8.78 Å². The molecule has 314 valence electrons. The van der Waals surface area contributed by atoms with Gasteiger partial charge in [-0.05, 0) is 56.4 Å². The number of halogens is 4. The lowest BCUT2D eigenvalue weighted by molar-refractivity contribution is 0.0392. The van der Waals surface area contributed by atoms with Crippen molar-refractivity contribution in [2.24, 2.45) is 0 Å². The summed E-state index contributed by atoms with van der Waals surface area (Å²) in [5.41, 5.74) is -2.04. The van der Waals surface area contributed by atoms with E-state index in [0.29, 0.717) is 19.3 Å². The van der Waals surface area contributed by atoms with Gasteiger partial charge in [-0.25, -0.2) is 42.2 Å². The zero-order valence-corrected chi connectivity index (χ0v) is 31.7. The van der Waals surface area contributed by atoms with Crippen molar-refractivity contribution in [3.05, 3.63) is 88.8 Å². The number of aliphatic hydroxyl groups excluding tert-OH is 4. The zero-order chi connectivity index (χ0) is 42.4. The molecule has 0 radical (unpaired) electrons. The highest BCUT2D eigenvalue weighted by Crippen LogP contribution is 2.34. The number of benzene rings is 2. The molecule has 2 amide bonds. The monoisotopic (exact) mass is 834 g/mol. The minimum absolute atomic E-state index is 0.0675. The van der Waals surface area contributed by atoms with Crippen LogP contribution in [0.15, 0.2) is 43.0 Å². The van der Waals surface area contributed by atoms with Crippen LogP contribution in [-0.4, -0.2) is 121 Å². The Morgan fingerprint density at radius 3 is 2.35 bits per heavy atom. The second-order valence-electron chi connectivity index (χ2n) is 14.8. The number of rotatable bonds is 12. The van der Waals surface area contributed by atoms with E-state index in [1.807, 2.05) is 0 Å². The second kappa shape index (κ2) is 16.4. The average Bonchev–Trinajstić information content (AvgIpc) is 4.03. The minimum Gasteiger partial charge on any atom is -0.394 e. The number of carbonyl (C=O) groups excluding carboxylic acids is 2. The molecule has 0 unspecified atom stereocenters.